The first-order valence-corrected chi connectivity index (χ1v) is 6.68. The van der Waals surface area contributed by atoms with Crippen molar-refractivity contribution in [2.45, 2.75) is 13.0 Å². The van der Waals surface area contributed by atoms with Crippen molar-refractivity contribution >= 4 is 0 Å². The van der Waals surface area contributed by atoms with E-state index in [9.17, 15) is 8.78 Å². The second-order valence-corrected chi connectivity index (χ2v) is 4.95. The molecule has 1 heterocycles. The summed E-state index contributed by atoms with van der Waals surface area (Å²) in [7, 11) is 0. The van der Waals surface area contributed by atoms with Gasteiger partial charge >= 0.3 is 0 Å². The van der Waals surface area contributed by atoms with Crippen LogP contribution in [0, 0.1) is 18.6 Å². The summed E-state index contributed by atoms with van der Waals surface area (Å²) in [6.07, 6.45) is 0. The van der Waals surface area contributed by atoms with Crippen LogP contribution >= 0.6 is 0 Å². The van der Waals surface area contributed by atoms with Crippen molar-refractivity contribution < 1.29 is 18.3 Å². The van der Waals surface area contributed by atoms with Crippen molar-refractivity contribution in [1.29, 1.82) is 0 Å². The number of nitrogens with two attached hydrogens (primary N) is 1. The van der Waals surface area contributed by atoms with Crippen LogP contribution < -0.4 is 15.2 Å². The van der Waals surface area contributed by atoms with Crippen LogP contribution in [0.2, 0.25) is 0 Å². The van der Waals surface area contributed by atoms with Crippen LogP contribution in [0.1, 0.15) is 22.7 Å². The molecule has 2 N–H and O–H groups in total. The summed E-state index contributed by atoms with van der Waals surface area (Å²) in [6.45, 7) is 2.37. The fourth-order valence-electron chi connectivity index (χ4n) is 2.41. The molecule has 0 aromatic heterocycles. The van der Waals surface area contributed by atoms with E-state index in [1.165, 1.54) is 19.1 Å². The minimum Gasteiger partial charge on any atom is -0.486 e. The highest BCUT2D eigenvalue weighted by molar-refractivity contribution is 5.51. The number of para-hydroxylation sites is 1. The number of aryl methyl sites for hydroxylation is 1. The summed E-state index contributed by atoms with van der Waals surface area (Å²) in [5.74, 6) is -0.722. The minimum atomic E-state index is -0.920. The number of hydrogen-bond acceptors (Lipinski definition) is 3. The largest absolute Gasteiger partial charge is 0.486 e. The van der Waals surface area contributed by atoms with E-state index >= 15 is 0 Å². The molecule has 0 saturated heterocycles. The maximum Gasteiger partial charge on any atom is 0.166 e. The summed E-state index contributed by atoms with van der Waals surface area (Å²) in [4.78, 5) is 0. The summed E-state index contributed by atoms with van der Waals surface area (Å²) < 4.78 is 38.9. The normalized spacial score (nSPS) is 14.9. The number of benzene rings is 2. The van der Waals surface area contributed by atoms with Crippen molar-refractivity contribution in [2.75, 3.05) is 13.2 Å². The topological polar surface area (TPSA) is 44.5 Å². The second-order valence-electron chi connectivity index (χ2n) is 4.95. The SMILES string of the molecule is Cc1ccc(C(N)c2cccc3c2OCCO3)c(F)c1F. The molecule has 0 radical (unpaired) electrons. The maximum atomic E-state index is 14.1. The van der Waals surface area contributed by atoms with Crippen molar-refractivity contribution in [1.82, 2.24) is 0 Å². The first-order valence-electron chi connectivity index (χ1n) is 6.68. The molecular weight excluding hydrogens is 276 g/mol. The van der Waals surface area contributed by atoms with Crippen LogP contribution in [-0.2, 0) is 0 Å². The van der Waals surface area contributed by atoms with E-state index in [2.05, 4.69) is 0 Å². The van der Waals surface area contributed by atoms with Crippen molar-refractivity contribution in [3.05, 3.63) is 58.7 Å². The van der Waals surface area contributed by atoms with Gasteiger partial charge in [-0.15, -0.1) is 0 Å². The molecule has 2 aromatic carbocycles. The van der Waals surface area contributed by atoms with Gasteiger partial charge in [-0.05, 0) is 18.6 Å². The second kappa shape index (κ2) is 5.33. The highest BCUT2D eigenvalue weighted by atomic mass is 19.2. The first-order chi connectivity index (χ1) is 10.1. The molecule has 21 heavy (non-hydrogen) atoms. The first kappa shape index (κ1) is 13.8. The van der Waals surface area contributed by atoms with E-state index in [0.29, 0.717) is 30.3 Å². The van der Waals surface area contributed by atoms with Crippen LogP contribution in [0.3, 0.4) is 0 Å². The molecule has 0 fully saturated rings. The molecule has 0 amide bonds. The Morgan fingerprint density at radius 3 is 2.57 bits per heavy atom. The van der Waals surface area contributed by atoms with Crippen LogP contribution in [-0.4, -0.2) is 13.2 Å². The Bertz CT molecular complexity index is 688. The monoisotopic (exact) mass is 291 g/mol. The van der Waals surface area contributed by atoms with Crippen molar-refractivity contribution in [2.24, 2.45) is 5.73 Å². The van der Waals surface area contributed by atoms with Gasteiger partial charge in [-0.25, -0.2) is 8.78 Å². The molecule has 0 bridgehead atoms. The van der Waals surface area contributed by atoms with Gasteiger partial charge in [0.1, 0.15) is 13.2 Å². The molecular formula is C16H15F2NO2. The molecule has 1 aliphatic heterocycles. The number of ether oxygens (including phenoxy) is 2. The van der Waals surface area contributed by atoms with Crippen LogP contribution in [0.25, 0.3) is 0 Å². The smallest absolute Gasteiger partial charge is 0.166 e. The van der Waals surface area contributed by atoms with E-state index in [0.717, 1.165) is 0 Å². The summed E-state index contributed by atoms with van der Waals surface area (Å²) >= 11 is 0. The lowest BCUT2D eigenvalue weighted by Crippen LogP contribution is -2.21. The Morgan fingerprint density at radius 1 is 1.00 bits per heavy atom. The molecule has 0 spiro atoms. The standard InChI is InChI=1S/C16H15F2NO2/c1-9-5-6-10(14(18)13(9)17)15(19)11-3-2-4-12-16(11)21-8-7-20-12/h2-6,15H,7-8,19H2,1H3. The van der Waals surface area contributed by atoms with Gasteiger partial charge in [-0.2, -0.15) is 0 Å². The van der Waals surface area contributed by atoms with Gasteiger partial charge in [-0.1, -0.05) is 24.3 Å². The fourth-order valence-corrected chi connectivity index (χ4v) is 2.41. The molecule has 1 aliphatic rings. The molecule has 5 heteroatoms. The van der Waals surface area contributed by atoms with Crippen molar-refractivity contribution in [3.63, 3.8) is 0 Å². The van der Waals surface area contributed by atoms with E-state index < -0.39 is 17.7 Å². The number of halogens is 2. The van der Waals surface area contributed by atoms with Crippen LogP contribution in [0.4, 0.5) is 8.78 Å². The highest BCUT2D eigenvalue weighted by Crippen LogP contribution is 2.38. The van der Waals surface area contributed by atoms with Gasteiger partial charge < -0.3 is 15.2 Å². The zero-order chi connectivity index (χ0) is 15.0. The third-order valence-electron chi connectivity index (χ3n) is 3.57. The van der Waals surface area contributed by atoms with Crippen LogP contribution in [0.5, 0.6) is 11.5 Å². The minimum absolute atomic E-state index is 0.0978. The number of hydrogen-bond donors (Lipinski definition) is 1. The third kappa shape index (κ3) is 2.34. The zero-order valence-electron chi connectivity index (χ0n) is 11.5. The molecule has 3 nitrogen and oxygen atoms in total. The van der Waals surface area contributed by atoms with Gasteiger partial charge in [-0.3, -0.25) is 0 Å². The van der Waals surface area contributed by atoms with E-state index in [4.69, 9.17) is 15.2 Å². The lowest BCUT2D eigenvalue weighted by atomic mass is 9.96. The fraction of sp³-hybridized carbons (Fsp3) is 0.250. The van der Waals surface area contributed by atoms with E-state index in [1.807, 2.05) is 0 Å². The van der Waals surface area contributed by atoms with Gasteiger partial charge in [0.05, 0.1) is 6.04 Å². The molecule has 2 aromatic rings. The Labute approximate surface area is 121 Å². The molecule has 1 unspecified atom stereocenters. The summed E-state index contributed by atoms with van der Waals surface area (Å²) in [6, 6.07) is 7.44. The van der Waals surface area contributed by atoms with E-state index in [1.54, 1.807) is 18.2 Å². The zero-order valence-corrected chi connectivity index (χ0v) is 11.5. The molecule has 0 aliphatic carbocycles. The summed E-state index contributed by atoms with van der Waals surface area (Å²) in [5, 5.41) is 0. The number of rotatable bonds is 2. The molecule has 1 atom stereocenters. The highest BCUT2D eigenvalue weighted by Gasteiger charge is 2.24. The Balaban J connectivity index is 2.07. The van der Waals surface area contributed by atoms with Crippen LogP contribution in [0.15, 0.2) is 30.3 Å². The van der Waals surface area contributed by atoms with Gasteiger partial charge in [0.15, 0.2) is 23.1 Å². The number of fused-ring (bicyclic) bond motifs is 1. The Morgan fingerprint density at radius 2 is 1.76 bits per heavy atom. The maximum absolute atomic E-state index is 14.1. The lowest BCUT2D eigenvalue weighted by Gasteiger charge is -2.24. The predicted molar refractivity (Wildman–Crippen MR) is 74.6 cm³/mol. The quantitative estimate of drug-likeness (QED) is 0.924. The Kier molecular flexibility index (Phi) is 3.51. The third-order valence-corrected chi connectivity index (χ3v) is 3.57. The van der Waals surface area contributed by atoms with Gasteiger partial charge in [0.2, 0.25) is 0 Å². The average molecular weight is 291 g/mol. The predicted octanol–water partition coefficient (Wildman–Crippen LogP) is 3.09. The molecule has 110 valence electrons. The van der Waals surface area contributed by atoms with Gasteiger partial charge in [0.25, 0.3) is 0 Å². The summed E-state index contributed by atoms with van der Waals surface area (Å²) in [5.41, 5.74) is 7.04. The van der Waals surface area contributed by atoms with E-state index in [-0.39, 0.29) is 11.1 Å². The lowest BCUT2D eigenvalue weighted by molar-refractivity contribution is 0.169. The molecule has 3 rings (SSSR count). The van der Waals surface area contributed by atoms with Crippen molar-refractivity contribution in [3.8, 4) is 11.5 Å². The Hall–Kier alpha value is -2.14. The average Bonchev–Trinajstić information content (AvgIpc) is 2.51. The van der Waals surface area contributed by atoms with Gasteiger partial charge in [0, 0.05) is 11.1 Å². The molecule has 0 saturated carbocycles.